The molecule has 0 saturated heterocycles. The standard InChI is InChI=1S/C11H11IN2OS/c1-15-9-5-2-8(3-6-9)4-7-10-13-11(12)14-16-10/h2-3,5-6H,4,7H2,1H3. The van der Waals surface area contributed by atoms with E-state index in [2.05, 4.69) is 44.1 Å². The normalized spacial score (nSPS) is 10.4. The van der Waals surface area contributed by atoms with Gasteiger partial charge in [-0.25, -0.2) is 4.98 Å². The van der Waals surface area contributed by atoms with Crippen molar-refractivity contribution in [2.24, 2.45) is 0 Å². The van der Waals surface area contributed by atoms with Gasteiger partial charge in [0.2, 0.25) is 3.83 Å². The smallest absolute Gasteiger partial charge is 0.203 e. The van der Waals surface area contributed by atoms with Gasteiger partial charge in [0.05, 0.1) is 7.11 Å². The lowest BCUT2D eigenvalue weighted by Crippen LogP contribution is -1.91. The third kappa shape index (κ3) is 3.15. The zero-order valence-corrected chi connectivity index (χ0v) is 11.8. The van der Waals surface area contributed by atoms with Crippen molar-refractivity contribution in [3.63, 3.8) is 0 Å². The maximum Gasteiger partial charge on any atom is 0.203 e. The fraction of sp³-hybridized carbons (Fsp3) is 0.273. The minimum absolute atomic E-state index is 0.840. The van der Waals surface area contributed by atoms with Gasteiger partial charge in [-0.05, 0) is 35.6 Å². The van der Waals surface area contributed by atoms with Crippen LogP contribution < -0.4 is 4.74 Å². The molecule has 0 saturated carbocycles. The minimum Gasteiger partial charge on any atom is -0.497 e. The van der Waals surface area contributed by atoms with Crippen LogP contribution in [0.5, 0.6) is 5.75 Å². The SMILES string of the molecule is COc1ccc(CCc2nc(I)ns2)cc1. The summed E-state index contributed by atoms with van der Waals surface area (Å²) in [6.45, 7) is 0. The second kappa shape index (κ2) is 5.58. The van der Waals surface area contributed by atoms with E-state index in [1.807, 2.05) is 12.1 Å². The lowest BCUT2D eigenvalue weighted by molar-refractivity contribution is 0.414. The zero-order valence-electron chi connectivity index (χ0n) is 8.81. The fourth-order valence-electron chi connectivity index (χ4n) is 1.38. The highest BCUT2D eigenvalue weighted by molar-refractivity contribution is 14.1. The van der Waals surface area contributed by atoms with Gasteiger partial charge in [-0.3, -0.25) is 0 Å². The molecule has 1 heterocycles. The van der Waals surface area contributed by atoms with Crippen LogP contribution in [0.2, 0.25) is 0 Å². The first kappa shape index (κ1) is 11.8. The Morgan fingerprint density at radius 1 is 1.25 bits per heavy atom. The third-order valence-corrected chi connectivity index (χ3v) is 3.81. The largest absolute Gasteiger partial charge is 0.497 e. The van der Waals surface area contributed by atoms with Crippen LogP contribution in [-0.2, 0) is 12.8 Å². The van der Waals surface area contributed by atoms with Crippen molar-refractivity contribution in [2.45, 2.75) is 12.8 Å². The van der Waals surface area contributed by atoms with Gasteiger partial charge < -0.3 is 4.74 Å². The zero-order chi connectivity index (χ0) is 11.4. The Labute approximate surface area is 112 Å². The van der Waals surface area contributed by atoms with Crippen molar-refractivity contribution >= 4 is 34.1 Å². The van der Waals surface area contributed by atoms with Crippen molar-refractivity contribution in [3.05, 3.63) is 38.7 Å². The second-order valence-corrected chi connectivity index (χ2v) is 5.11. The van der Waals surface area contributed by atoms with E-state index in [0.29, 0.717) is 0 Å². The molecule has 0 N–H and O–H groups in total. The average Bonchev–Trinajstić information content (AvgIpc) is 2.73. The topological polar surface area (TPSA) is 35.0 Å². The van der Waals surface area contributed by atoms with E-state index in [9.17, 15) is 0 Å². The molecular weight excluding hydrogens is 335 g/mol. The molecule has 0 fully saturated rings. The van der Waals surface area contributed by atoms with Gasteiger partial charge in [-0.2, -0.15) is 4.37 Å². The number of aryl methyl sites for hydroxylation is 2. The summed E-state index contributed by atoms with van der Waals surface area (Å²) in [4.78, 5) is 4.33. The Morgan fingerprint density at radius 2 is 2.00 bits per heavy atom. The average molecular weight is 346 g/mol. The highest BCUT2D eigenvalue weighted by Gasteiger charge is 2.02. The summed E-state index contributed by atoms with van der Waals surface area (Å²) in [6.07, 6.45) is 1.95. The van der Waals surface area contributed by atoms with E-state index >= 15 is 0 Å². The Kier molecular flexibility index (Phi) is 4.11. The van der Waals surface area contributed by atoms with Crippen LogP contribution in [0.4, 0.5) is 0 Å². The number of hydrogen-bond acceptors (Lipinski definition) is 4. The molecular formula is C11H11IN2OS. The number of methoxy groups -OCH3 is 1. The minimum atomic E-state index is 0.840. The maximum absolute atomic E-state index is 5.11. The molecule has 1 aromatic heterocycles. The second-order valence-electron chi connectivity index (χ2n) is 3.31. The van der Waals surface area contributed by atoms with Crippen LogP contribution >= 0.6 is 34.1 Å². The molecule has 2 rings (SSSR count). The summed E-state index contributed by atoms with van der Waals surface area (Å²) in [5.41, 5.74) is 1.30. The van der Waals surface area contributed by atoms with Crippen LogP contribution in [0.3, 0.4) is 0 Å². The lowest BCUT2D eigenvalue weighted by atomic mass is 10.1. The van der Waals surface area contributed by atoms with Crippen LogP contribution in [0.25, 0.3) is 0 Å². The molecule has 3 nitrogen and oxygen atoms in total. The summed E-state index contributed by atoms with van der Waals surface area (Å²) in [5.74, 6) is 0.897. The Morgan fingerprint density at radius 3 is 2.56 bits per heavy atom. The van der Waals surface area contributed by atoms with Gasteiger partial charge >= 0.3 is 0 Å². The highest BCUT2D eigenvalue weighted by atomic mass is 127. The van der Waals surface area contributed by atoms with E-state index < -0.39 is 0 Å². The van der Waals surface area contributed by atoms with Crippen molar-refractivity contribution < 1.29 is 4.74 Å². The third-order valence-electron chi connectivity index (χ3n) is 2.23. The molecule has 84 valence electrons. The van der Waals surface area contributed by atoms with Crippen LogP contribution in [0, 0.1) is 3.83 Å². The molecule has 2 aromatic rings. The monoisotopic (exact) mass is 346 g/mol. The molecule has 0 radical (unpaired) electrons. The van der Waals surface area contributed by atoms with Crippen LogP contribution in [0.1, 0.15) is 10.6 Å². The van der Waals surface area contributed by atoms with Crippen molar-refractivity contribution in [2.75, 3.05) is 7.11 Å². The number of halogens is 1. The first-order valence-corrected chi connectivity index (χ1v) is 6.74. The summed E-state index contributed by atoms with van der Waals surface area (Å²) in [5, 5.41) is 1.10. The fourth-order valence-corrected chi connectivity index (χ4v) is 2.67. The molecule has 0 aliphatic rings. The first-order valence-electron chi connectivity index (χ1n) is 4.89. The number of nitrogens with zero attached hydrogens (tertiary/aromatic N) is 2. The predicted molar refractivity (Wildman–Crippen MR) is 73.0 cm³/mol. The van der Waals surface area contributed by atoms with Crippen LogP contribution in [-0.4, -0.2) is 16.5 Å². The predicted octanol–water partition coefficient (Wildman–Crippen LogP) is 2.94. The van der Waals surface area contributed by atoms with E-state index in [0.717, 1.165) is 27.4 Å². The molecule has 0 spiro atoms. The van der Waals surface area contributed by atoms with E-state index in [1.165, 1.54) is 17.1 Å². The first-order chi connectivity index (χ1) is 7.78. The molecule has 0 aliphatic heterocycles. The van der Waals surface area contributed by atoms with Gasteiger partial charge in [0, 0.05) is 29.0 Å². The highest BCUT2D eigenvalue weighted by Crippen LogP contribution is 2.14. The Balaban J connectivity index is 1.94. The molecule has 0 unspecified atom stereocenters. The van der Waals surface area contributed by atoms with Gasteiger partial charge in [0.1, 0.15) is 10.8 Å². The molecule has 0 aliphatic carbocycles. The molecule has 1 aromatic carbocycles. The lowest BCUT2D eigenvalue weighted by Gasteiger charge is -2.01. The van der Waals surface area contributed by atoms with E-state index in [4.69, 9.17) is 4.74 Å². The molecule has 0 amide bonds. The number of ether oxygens (including phenoxy) is 1. The maximum atomic E-state index is 5.11. The summed E-state index contributed by atoms with van der Waals surface area (Å²) < 4.78 is 10.1. The Hall–Kier alpha value is -0.690. The summed E-state index contributed by atoms with van der Waals surface area (Å²) in [6, 6.07) is 8.15. The Bertz CT molecular complexity index is 455. The van der Waals surface area contributed by atoms with Crippen molar-refractivity contribution in [1.82, 2.24) is 9.36 Å². The number of aromatic nitrogens is 2. The van der Waals surface area contributed by atoms with Gasteiger partial charge in [0.15, 0.2) is 0 Å². The number of benzene rings is 1. The van der Waals surface area contributed by atoms with E-state index in [-0.39, 0.29) is 0 Å². The summed E-state index contributed by atoms with van der Waals surface area (Å²) in [7, 11) is 1.68. The molecule has 0 bridgehead atoms. The molecule has 5 heteroatoms. The van der Waals surface area contributed by atoms with Gasteiger partial charge in [-0.1, -0.05) is 12.1 Å². The van der Waals surface area contributed by atoms with Gasteiger partial charge in [0.25, 0.3) is 0 Å². The molecule has 0 atom stereocenters. The van der Waals surface area contributed by atoms with Crippen molar-refractivity contribution in [3.8, 4) is 5.75 Å². The molecule has 16 heavy (non-hydrogen) atoms. The van der Waals surface area contributed by atoms with Crippen LogP contribution in [0.15, 0.2) is 24.3 Å². The van der Waals surface area contributed by atoms with E-state index in [1.54, 1.807) is 7.11 Å². The quantitative estimate of drug-likeness (QED) is 0.799. The number of rotatable bonds is 4. The number of hydrogen-bond donors (Lipinski definition) is 0. The van der Waals surface area contributed by atoms with Crippen molar-refractivity contribution in [1.29, 1.82) is 0 Å². The van der Waals surface area contributed by atoms with Gasteiger partial charge in [-0.15, -0.1) is 0 Å². The summed E-state index contributed by atoms with van der Waals surface area (Å²) >= 11 is 3.62.